The second-order valence-electron chi connectivity index (χ2n) is 7.31. The highest BCUT2D eigenvalue weighted by atomic mass is 32.2. The first kappa shape index (κ1) is 19.3. The monoisotopic (exact) mass is 384 g/mol. The van der Waals surface area contributed by atoms with Crippen LogP contribution in [0.5, 0.6) is 0 Å². The number of carbonyl (C=O) groups excluding carboxylic acids is 3. The fourth-order valence-corrected chi connectivity index (χ4v) is 4.43. The zero-order chi connectivity index (χ0) is 19.9. The lowest BCUT2D eigenvalue weighted by atomic mass is 9.71. The van der Waals surface area contributed by atoms with Gasteiger partial charge in [0.2, 0.25) is 0 Å². The van der Waals surface area contributed by atoms with Gasteiger partial charge in [0.05, 0.1) is 0 Å². The smallest absolute Gasteiger partial charge is 0.195 e. The van der Waals surface area contributed by atoms with Crippen molar-refractivity contribution in [2.24, 2.45) is 25.4 Å². The molecule has 2 aliphatic heterocycles. The lowest BCUT2D eigenvalue weighted by Crippen LogP contribution is -2.32. The molecule has 3 rings (SSSR count). The first-order valence-corrected chi connectivity index (χ1v) is 9.33. The van der Waals surface area contributed by atoms with Gasteiger partial charge in [0.1, 0.15) is 17.7 Å². The summed E-state index contributed by atoms with van der Waals surface area (Å²) in [5.41, 5.74) is 0.977. The molecule has 1 aliphatic carbocycles. The Morgan fingerprint density at radius 3 is 2.41 bits per heavy atom. The van der Waals surface area contributed by atoms with Crippen molar-refractivity contribution < 1.29 is 14.4 Å². The van der Waals surface area contributed by atoms with Crippen LogP contribution in [0.1, 0.15) is 41.0 Å². The van der Waals surface area contributed by atoms with Gasteiger partial charge in [-0.25, -0.2) is 15.0 Å². The van der Waals surface area contributed by atoms with E-state index >= 15 is 0 Å². The second kappa shape index (κ2) is 6.92. The van der Waals surface area contributed by atoms with Crippen molar-refractivity contribution in [3.8, 4) is 0 Å². The van der Waals surface area contributed by atoms with Gasteiger partial charge in [-0.15, -0.1) is 0 Å². The number of thioether (sulfide) groups is 1. The number of hydrogen-bond acceptors (Lipinski definition) is 8. The average molecular weight is 384 g/mol. The van der Waals surface area contributed by atoms with Crippen molar-refractivity contribution in [3.05, 3.63) is 22.3 Å². The summed E-state index contributed by atoms with van der Waals surface area (Å²) in [4.78, 5) is 54.3. The fraction of sp³-hybridized carbons (Fsp3) is 0.421. The predicted octanol–water partition coefficient (Wildman–Crippen LogP) is 2.72. The summed E-state index contributed by atoms with van der Waals surface area (Å²) < 4.78 is 0. The zero-order valence-electron chi connectivity index (χ0n) is 15.9. The third-order valence-electron chi connectivity index (χ3n) is 4.93. The molecule has 0 aromatic heterocycles. The average Bonchev–Trinajstić information content (AvgIpc) is 3.07. The van der Waals surface area contributed by atoms with Crippen molar-refractivity contribution in [2.75, 3.05) is 0 Å². The minimum absolute atomic E-state index is 0.0920. The second-order valence-corrected chi connectivity index (χ2v) is 8.39. The van der Waals surface area contributed by atoms with Crippen LogP contribution in [-0.2, 0) is 14.4 Å². The van der Waals surface area contributed by atoms with Gasteiger partial charge in [-0.2, -0.15) is 0 Å². The van der Waals surface area contributed by atoms with Gasteiger partial charge in [0.15, 0.2) is 28.6 Å². The minimum atomic E-state index is -0.776. The van der Waals surface area contributed by atoms with Gasteiger partial charge >= 0.3 is 0 Å². The normalized spacial score (nSPS) is 22.3. The highest BCUT2D eigenvalue weighted by Crippen LogP contribution is 2.40. The van der Waals surface area contributed by atoms with Crippen molar-refractivity contribution in [3.63, 3.8) is 0 Å². The van der Waals surface area contributed by atoms with E-state index in [0.29, 0.717) is 33.2 Å². The van der Waals surface area contributed by atoms with Crippen molar-refractivity contribution in [1.29, 1.82) is 0 Å². The number of nitrogens with zero attached hydrogens (tertiary/aromatic N) is 4. The molecule has 0 bridgehead atoms. The minimum Gasteiger partial charge on any atom is -0.289 e. The van der Waals surface area contributed by atoms with Crippen LogP contribution in [0, 0.1) is 5.41 Å². The summed E-state index contributed by atoms with van der Waals surface area (Å²) >= 11 is 0.987. The Balaban J connectivity index is 1.79. The van der Waals surface area contributed by atoms with E-state index in [1.807, 2.05) is 13.8 Å². The van der Waals surface area contributed by atoms with E-state index in [9.17, 15) is 14.4 Å². The Labute approximate surface area is 161 Å². The van der Waals surface area contributed by atoms with Crippen LogP contribution in [0.25, 0.3) is 0 Å². The van der Waals surface area contributed by atoms with E-state index in [2.05, 4.69) is 20.0 Å². The van der Waals surface area contributed by atoms with Crippen LogP contribution in [0.15, 0.2) is 42.3 Å². The number of rotatable bonds is 3. The Kier molecular flexibility index (Phi) is 4.94. The van der Waals surface area contributed by atoms with E-state index in [1.165, 1.54) is 12.7 Å². The van der Waals surface area contributed by atoms with Crippen LogP contribution in [0.2, 0.25) is 0 Å². The molecule has 1 atom stereocenters. The molecule has 140 valence electrons. The van der Waals surface area contributed by atoms with Crippen molar-refractivity contribution in [1.82, 2.24) is 0 Å². The summed E-state index contributed by atoms with van der Waals surface area (Å²) in [6.45, 7) is 8.60. The largest absolute Gasteiger partial charge is 0.289 e. The maximum absolute atomic E-state index is 12.8. The summed E-state index contributed by atoms with van der Waals surface area (Å²) in [7, 11) is 0. The number of carbonyl (C=O) groups is 3. The molecule has 7 nitrogen and oxygen atoms in total. The highest BCUT2D eigenvalue weighted by molar-refractivity contribution is 8.26. The van der Waals surface area contributed by atoms with E-state index in [0.717, 1.165) is 11.8 Å². The third kappa shape index (κ3) is 3.41. The van der Waals surface area contributed by atoms with Gasteiger partial charge < -0.3 is 0 Å². The molecular weight excluding hydrogens is 364 g/mol. The van der Waals surface area contributed by atoms with E-state index < -0.39 is 11.5 Å². The first-order chi connectivity index (χ1) is 12.6. The van der Waals surface area contributed by atoms with Crippen LogP contribution in [-0.4, -0.2) is 46.3 Å². The molecule has 3 aliphatic rings. The van der Waals surface area contributed by atoms with Crippen LogP contribution >= 0.6 is 11.8 Å². The fourth-order valence-electron chi connectivity index (χ4n) is 3.38. The molecule has 1 unspecified atom stereocenters. The number of aliphatic imine (C=N–C) groups is 4. The quantitative estimate of drug-likeness (QED) is 0.698. The number of allylic oxidation sites excluding steroid dienone is 4. The Morgan fingerprint density at radius 2 is 1.70 bits per heavy atom. The highest BCUT2D eigenvalue weighted by Gasteiger charge is 2.39. The summed E-state index contributed by atoms with van der Waals surface area (Å²) in [5.74, 6) is 0.219. The molecule has 2 heterocycles. The molecule has 0 spiro atoms. The van der Waals surface area contributed by atoms with Gasteiger partial charge in [-0.3, -0.25) is 19.4 Å². The van der Waals surface area contributed by atoms with Crippen LogP contribution < -0.4 is 0 Å². The number of hydrogen-bond donors (Lipinski definition) is 0. The maximum atomic E-state index is 12.8. The zero-order valence-corrected chi connectivity index (χ0v) is 16.7. The molecule has 0 saturated carbocycles. The summed E-state index contributed by atoms with van der Waals surface area (Å²) in [5, 5.41) is 0.363. The van der Waals surface area contributed by atoms with Gasteiger partial charge in [-0.05, 0) is 32.5 Å². The number of fused-ring (bicyclic) bond motifs is 1. The third-order valence-corrected chi connectivity index (χ3v) is 5.84. The van der Waals surface area contributed by atoms with Crippen molar-refractivity contribution in [2.45, 2.75) is 47.1 Å². The van der Waals surface area contributed by atoms with Crippen LogP contribution in [0.4, 0.5) is 0 Å². The molecule has 0 aromatic carbocycles. The molecular formula is C19H20N4O3S. The van der Waals surface area contributed by atoms with E-state index in [4.69, 9.17) is 0 Å². The van der Waals surface area contributed by atoms with Crippen LogP contribution in [0.3, 0.4) is 0 Å². The summed E-state index contributed by atoms with van der Waals surface area (Å²) in [6.07, 6.45) is 2.86. The molecule has 0 fully saturated rings. The van der Waals surface area contributed by atoms with Gasteiger partial charge in [0.25, 0.3) is 0 Å². The lowest BCUT2D eigenvalue weighted by molar-refractivity contribution is -0.118. The van der Waals surface area contributed by atoms with Gasteiger partial charge in [0, 0.05) is 34.1 Å². The molecule has 0 amide bonds. The molecule has 0 aromatic rings. The standard InChI is InChI=1S/C19H20N4O3S/c1-9-10(2)16(26)13(11(3)15(9)25)19(4,5)6-12(24)27-18-14-17(21-7-20-14)22-8-23-18/h7-8,14H,6H2,1-5H3. The number of amidine groups is 1. The number of Topliss-reactive ketones (excluding diaryl/α,β-unsaturated/α-hetero) is 2. The predicted molar refractivity (Wildman–Crippen MR) is 108 cm³/mol. The number of ketones is 2. The van der Waals surface area contributed by atoms with E-state index in [1.54, 1.807) is 20.8 Å². The first-order valence-electron chi connectivity index (χ1n) is 8.52. The molecule has 27 heavy (non-hydrogen) atoms. The Hall–Kier alpha value is -2.48. The molecule has 0 saturated heterocycles. The Bertz CT molecular complexity index is 948. The SMILES string of the molecule is CC1=C(C)C(=O)C(C(C)(C)CC(=O)SC2=NC=NC3=NC=NC32)=C(C)C1=O. The molecule has 0 radical (unpaired) electrons. The maximum Gasteiger partial charge on any atom is 0.195 e. The molecule has 0 N–H and O–H groups in total. The molecule has 8 heteroatoms. The Morgan fingerprint density at radius 1 is 1.04 bits per heavy atom. The van der Waals surface area contributed by atoms with Gasteiger partial charge in [-0.1, -0.05) is 13.8 Å². The lowest BCUT2D eigenvalue weighted by Gasteiger charge is -2.31. The summed E-state index contributed by atoms with van der Waals surface area (Å²) in [6, 6.07) is -0.432. The van der Waals surface area contributed by atoms with E-state index in [-0.39, 0.29) is 23.1 Å². The topological polar surface area (TPSA) is 101 Å². The van der Waals surface area contributed by atoms with Crippen molar-refractivity contribution >= 4 is 52.0 Å².